The SMILES string of the molecule is O=C(Oc1ccc(-n2cnnn2)cc1)c1ccc(OCC2CCCO2)cc1. The lowest BCUT2D eigenvalue weighted by molar-refractivity contribution is 0.0678. The second kappa shape index (κ2) is 7.96. The van der Waals surface area contributed by atoms with E-state index in [9.17, 15) is 4.79 Å². The average molecular weight is 366 g/mol. The minimum Gasteiger partial charge on any atom is -0.491 e. The summed E-state index contributed by atoms with van der Waals surface area (Å²) in [6.07, 6.45) is 3.75. The van der Waals surface area contributed by atoms with Crippen molar-refractivity contribution in [1.29, 1.82) is 0 Å². The molecule has 1 fully saturated rings. The van der Waals surface area contributed by atoms with Crippen molar-refractivity contribution >= 4 is 5.97 Å². The van der Waals surface area contributed by atoms with Gasteiger partial charge < -0.3 is 14.2 Å². The van der Waals surface area contributed by atoms with E-state index in [1.807, 2.05) is 0 Å². The van der Waals surface area contributed by atoms with Gasteiger partial charge in [-0.25, -0.2) is 9.48 Å². The quantitative estimate of drug-likeness (QED) is 0.489. The van der Waals surface area contributed by atoms with Crippen LogP contribution in [-0.4, -0.2) is 45.5 Å². The van der Waals surface area contributed by atoms with Gasteiger partial charge in [0.1, 0.15) is 24.4 Å². The van der Waals surface area contributed by atoms with Gasteiger partial charge in [-0.2, -0.15) is 0 Å². The standard InChI is InChI=1S/C19H18N4O4/c24-19(27-17-9-5-15(6-10-17)23-13-20-21-22-23)14-3-7-16(8-4-14)26-12-18-2-1-11-25-18/h3-10,13,18H,1-2,11-12H2. The number of nitrogens with zero attached hydrogens (tertiary/aromatic N) is 4. The van der Waals surface area contributed by atoms with Crippen molar-refractivity contribution in [3.05, 3.63) is 60.4 Å². The third-order valence-electron chi connectivity index (χ3n) is 4.21. The summed E-state index contributed by atoms with van der Waals surface area (Å²) in [4.78, 5) is 12.3. The van der Waals surface area contributed by atoms with Gasteiger partial charge in [-0.05, 0) is 71.8 Å². The van der Waals surface area contributed by atoms with Crippen LogP contribution < -0.4 is 9.47 Å². The first kappa shape index (κ1) is 17.2. The van der Waals surface area contributed by atoms with Crippen LogP contribution in [0.3, 0.4) is 0 Å². The molecule has 1 aliphatic heterocycles. The van der Waals surface area contributed by atoms with E-state index in [1.54, 1.807) is 48.5 Å². The minimum atomic E-state index is -0.434. The first-order valence-electron chi connectivity index (χ1n) is 8.68. The number of hydrogen-bond acceptors (Lipinski definition) is 7. The summed E-state index contributed by atoms with van der Waals surface area (Å²) >= 11 is 0. The fourth-order valence-corrected chi connectivity index (χ4v) is 2.76. The Labute approximate surface area is 155 Å². The summed E-state index contributed by atoms with van der Waals surface area (Å²) in [5, 5.41) is 11.0. The Bertz CT molecular complexity index is 873. The lowest BCUT2D eigenvalue weighted by atomic mass is 10.2. The summed E-state index contributed by atoms with van der Waals surface area (Å²) in [6, 6.07) is 13.8. The molecule has 0 radical (unpaired) electrons. The fourth-order valence-electron chi connectivity index (χ4n) is 2.76. The molecule has 0 spiro atoms. The summed E-state index contributed by atoms with van der Waals surface area (Å²) in [7, 11) is 0. The summed E-state index contributed by atoms with van der Waals surface area (Å²) < 4.78 is 18.1. The highest BCUT2D eigenvalue weighted by Crippen LogP contribution is 2.19. The van der Waals surface area contributed by atoms with Crippen LogP contribution in [0.5, 0.6) is 11.5 Å². The molecule has 1 saturated heterocycles. The molecule has 138 valence electrons. The Morgan fingerprint density at radius 2 is 1.89 bits per heavy atom. The van der Waals surface area contributed by atoms with Crippen molar-refractivity contribution in [2.45, 2.75) is 18.9 Å². The second-order valence-corrected chi connectivity index (χ2v) is 6.11. The van der Waals surface area contributed by atoms with E-state index in [2.05, 4.69) is 15.5 Å². The zero-order chi connectivity index (χ0) is 18.5. The molecule has 1 unspecified atom stereocenters. The lowest BCUT2D eigenvalue weighted by Gasteiger charge is -2.11. The normalized spacial score (nSPS) is 16.2. The molecule has 2 aromatic carbocycles. The maximum Gasteiger partial charge on any atom is 0.343 e. The van der Waals surface area contributed by atoms with Crippen molar-refractivity contribution in [3.8, 4) is 17.2 Å². The van der Waals surface area contributed by atoms with Crippen molar-refractivity contribution in [1.82, 2.24) is 20.2 Å². The smallest absolute Gasteiger partial charge is 0.343 e. The Hall–Kier alpha value is -3.26. The van der Waals surface area contributed by atoms with Crippen LogP contribution in [0.2, 0.25) is 0 Å². The van der Waals surface area contributed by atoms with Crippen molar-refractivity contribution < 1.29 is 19.0 Å². The zero-order valence-electron chi connectivity index (χ0n) is 14.5. The number of aromatic nitrogens is 4. The van der Waals surface area contributed by atoms with Crippen LogP contribution in [0.25, 0.3) is 5.69 Å². The monoisotopic (exact) mass is 366 g/mol. The van der Waals surface area contributed by atoms with E-state index in [-0.39, 0.29) is 6.10 Å². The number of benzene rings is 2. The van der Waals surface area contributed by atoms with Crippen molar-refractivity contribution in [2.24, 2.45) is 0 Å². The summed E-state index contributed by atoms with van der Waals surface area (Å²) in [5.74, 6) is 0.708. The predicted octanol–water partition coefficient (Wildman–Crippen LogP) is 2.44. The second-order valence-electron chi connectivity index (χ2n) is 6.11. The van der Waals surface area contributed by atoms with Crippen molar-refractivity contribution in [3.63, 3.8) is 0 Å². The molecule has 1 aromatic heterocycles. The number of carbonyl (C=O) groups excluding carboxylic acids is 1. The number of ether oxygens (including phenoxy) is 3. The summed E-state index contributed by atoms with van der Waals surface area (Å²) in [6.45, 7) is 1.33. The molecule has 8 nitrogen and oxygen atoms in total. The number of hydrogen-bond donors (Lipinski definition) is 0. The topological polar surface area (TPSA) is 88.4 Å². The molecule has 0 bridgehead atoms. The molecule has 8 heteroatoms. The number of rotatable bonds is 6. The largest absolute Gasteiger partial charge is 0.491 e. The van der Waals surface area contributed by atoms with Gasteiger partial charge in [0.05, 0.1) is 17.4 Å². The van der Waals surface area contributed by atoms with Crippen LogP contribution in [0, 0.1) is 0 Å². The highest BCUT2D eigenvalue weighted by atomic mass is 16.5. The average Bonchev–Trinajstić information content (AvgIpc) is 3.41. The van der Waals surface area contributed by atoms with Crippen molar-refractivity contribution in [2.75, 3.05) is 13.2 Å². The van der Waals surface area contributed by atoms with Gasteiger partial charge in [-0.15, -0.1) is 5.10 Å². The third-order valence-corrected chi connectivity index (χ3v) is 4.21. The molecule has 4 rings (SSSR count). The fraction of sp³-hybridized carbons (Fsp3) is 0.263. The van der Waals surface area contributed by atoms with E-state index in [4.69, 9.17) is 14.2 Å². The maximum atomic E-state index is 12.3. The van der Waals surface area contributed by atoms with Gasteiger partial charge in [0, 0.05) is 6.61 Å². The molecular formula is C19H18N4O4. The van der Waals surface area contributed by atoms with Gasteiger partial charge in [-0.1, -0.05) is 0 Å². The molecule has 0 saturated carbocycles. The number of esters is 1. The molecule has 0 N–H and O–H groups in total. The number of carbonyl (C=O) groups is 1. The Morgan fingerprint density at radius 1 is 1.11 bits per heavy atom. The van der Waals surface area contributed by atoms with E-state index >= 15 is 0 Å². The molecule has 1 aliphatic rings. The van der Waals surface area contributed by atoms with E-state index in [0.29, 0.717) is 23.7 Å². The highest BCUT2D eigenvalue weighted by Gasteiger charge is 2.16. The third kappa shape index (κ3) is 4.29. The minimum absolute atomic E-state index is 0.158. The van der Waals surface area contributed by atoms with Crippen LogP contribution in [0.4, 0.5) is 0 Å². The van der Waals surface area contributed by atoms with E-state index in [0.717, 1.165) is 25.1 Å². The van der Waals surface area contributed by atoms with Crippen LogP contribution in [0.15, 0.2) is 54.9 Å². The molecule has 1 atom stereocenters. The van der Waals surface area contributed by atoms with Crippen LogP contribution >= 0.6 is 0 Å². The van der Waals surface area contributed by atoms with Gasteiger partial charge in [0.25, 0.3) is 0 Å². The molecule has 3 aromatic rings. The van der Waals surface area contributed by atoms with Crippen LogP contribution in [0.1, 0.15) is 23.2 Å². The summed E-state index contributed by atoms with van der Waals surface area (Å²) in [5.41, 5.74) is 1.22. The lowest BCUT2D eigenvalue weighted by Crippen LogP contribution is -2.16. The maximum absolute atomic E-state index is 12.3. The Kier molecular flexibility index (Phi) is 5.06. The Balaban J connectivity index is 1.33. The van der Waals surface area contributed by atoms with Gasteiger partial charge >= 0.3 is 5.97 Å². The van der Waals surface area contributed by atoms with Crippen LogP contribution in [-0.2, 0) is 4.74 Å². The molecular weight excluding hydrogens is 348 g/mol. The van der Waals surface area contributed by atoms with E-state index < -0.39 is 5.97 Å². The molecule has 0 aliphatic carbocycles. The van der Waals surface area contributed by atoms with E-state index in [1.165, 1.54) is 11.0 Å². The van der Waals surface area contributed by atoms with Gasteiger partial charge in [0.15, 0.2) is 0 Å². The molecule has 27 heavy (non-hydrogen) atoms. The van der Waals surface area contributed by atoms with Gasteiger partial charge in [-0.3, -0.25) is 0 Å². The Morgan fingerprint density at radius 3 is 2.56 bits per heavy atom. The number of tetrazole rings is 1. The first-order chi connectivity index (χ1) is 13.3. The molecule has 2 heterocycles. The predicted molar refractivity (Wildman–Crippen MR) is 95.0 cm³/mol. The molecule has 0 amide bonds. The zero-order valence-corrected chi connectivity index (χ0v) is 14.5. The van der Waals surface area contributed by atoms with Gasteiger partial charge in [0.2, 0.25) is 0 Å². The highest BCUT2D eigenvalue weighted by molar-refractivity contribution is 5.91. The first-order valence-corrected chi connectivity index (χ1v) is 8.68.